The van der Waals surface area contributed by atoms with E-state index in [2.05, 4.69) is 6.58 Å². The lowest BCUT2D eigenvalue weighted by Crippen LogP contribution is -2.31. The summed E-state index contributed by atoms with van der Waals surface area (Å²) in [6.45, 7) is 4.55. The van der Waals surface area contributed by atoms with Gasteiger partial charge >= 0.3 is 0 Å². The number of benzene rings is 1. The standard InChI is InChI=1S/C16H17FN2O/c1-3-9-19(12-15-8-5-10-18(15)2)16(20)13-6-4-7-14(17)11-13/h3-8,10-11H,1,9,12H2,2H3. The quantitative estimate of drug-likeness (QED) is 0.768. The maximum Gasteiger partial charge on any atom is 0.254 e. The van der Waals surface area contributed by atoms with E-state index in [-0.39, 0.29) is 5.91 Å². The first kappa shape index (κ1) is 14.1. The fraction of sp³-hybridized carbons (Fsp3) is 0.188. The molecule has 1 aromatic heterocycles. The molecular formula is C16H17FN2O. The van der Waals surface area contributed by atoms with Gasteiger partial charge in [-0.2, -0.15) is 0 Å². The van der Waals surface area contributed by atoms with Gasteiger partial charge in [0.1, 0.15) is 5.82 Å². The van der Waals surface area contributed by atoms with E-state index in [0.29, 0.717) is 18.7 Å². The van der Waals surface area contributed by atoms with E-state index in [1.807, 2.05) is 29.9 Å². The lowest BCUT2D eigenvalue weighted by molar-refractivity contribution is 0.0759. The highest BCUT2D eigenvalue weighted by Gasteiger charge is 2.16. The molecule has 1 amide bonds. The molecule has 1 heterocycles. The number of halogens is 1. The Kier molecular flexibility index (Phi) is 4.35. The van der Waals surface area contributed by atoms with Gasteiger partial charge in [0.25, 0.3) is 5.91 Å². The average Bonchev–Trinajstić information content (AvgIpc) is 2.83. The van der Waals surface area contributed by atoms with Crippen LogP contribution in [0.5, 0.6) is 0 Å². The Labute approximate surface area is 117 Å². The van der Waals surface area contributed by atoms with Crippen LogP contribution in [0.4, 0.5) is 4.39 Å². The molecule has 0 atom stereocenters. The monoisotopic (exact) mass is 272 g/mol. The van der Waals surface area contributed by atoms with Crippen LogP contribution in [0.25, 0.3) is 0 Å². The van der Waals surface area contributed by atoms with Gasteiger partial charge in [0, 0.05) is 31.0 Å². The van der Waals surface area contributed by atoms with Crippen LogP contribution in [0.1, 0.15) is 16.1 Å². The Bertz CT molecular complexity index is 618. The maximum absolute atomic E-state index is 13.2. The van der Waals surface area contributed by atoms with Crippen molar-refractivity contribution < 1.29 is 9.18 Å². The van der Waals surface area contributed by atoms with Gasteiger partial charge in [0.2, 0.25) is 0 Å². The van der Waals surface area contributed by atoms with Gasteiger partial charge in [0.05, 0.1) is 6.54 Å². The fourth-order valence-corrected chi connectivity index (χ4v) is 2.04. The summed E-state index contributed by atoms with van der Waals surface area (Å²) in [6.07, 6.45) is 3.59. The van der Waals surface area contributed by atoms with Crippen molar-refractivity contribution in [1.29, 1.82) is 0 Å². The van der Waals surface area contributed by atoms with Crippen LogP contribution in [0, 0.1) is 5.82 Å². The molecule has 0 aliphatic heterocycles. The lowest BCUT2D eigenvalue weighted by Gasteiger charge is -2.21. The van der Waals surface area contributed by atoms with E-state index in [9.17, 15) is 9.18 Å². The number of carbonyl (C=O) groups excluding carboxylic acids is 1. The van der Waals surface area contributed by atoms with Crippen molar-refractivity contribution in [2.75, 3.05) is 6.54 Å². The van der Waals surface area contributed by atoms with E-state index < -0.39 is 5.82 Å². The number of hydrogen-bond donors (Lipinski definition) is 0. The Balaban J connectivity index is 2.22. The molecule has 4 heteroatoms. The van der Waals surface area contributed by atoms with Gasteiger partial charge in [-0.25, -0.2) is 4.39 Å². The van der Waals surface area contributed by atoms with E-state index in [1.54, 1.807) is 17.0 Å². The van der Waals surface area contributed by atoms with Gasteiger partial charge < -0.3 is 9.47 Å². The van der Waals surface area contributed by atoms with Crippen molar-refractivity contribution >= 4 is 5.91 Å². The molecule has 3 nitrogen and oxygen atoms in total. The van der Waals surface area contributed by atoms with Gasteiger partial charge in [0.15, 0.2) is 0 Å². The smallest absolute Gasteiger partial charge is 0.254 e. The number of carbonyl (C=O) groups is 1. The van der Waals surface area contributed by atoms with Crippen molar-refractivity contribution in [2.24, 2.45) is 7.05 Å². The molecule has 1 aromatic carbocycles. The molecule has 0 saturated heterocycles. The Hall–Kier alpha value is -2.36. The van der Waals surface area contributed by atoms with Crippen LogP contribution in [-0.2, 0) is 13.6 Å². The first-order chi connectivity index (χ1) is 9.61. The van der Waals surface area contributed by atoms with Crippen LogP contribution in [0.2, 0.25) is 0 Å². The van der Waals surface area contributed by atoms with Crippen LogP contribution >= 0.6 is 0 Å². The number of rotatable bonds is 5. The SMILES string of the molecule is C=CCN(Cc1cccn1C)C(=O)c1cccc(F)c1. The summed E-state index contributed by atoms with van der Waals surface area (Å²) < 4.78 is 15.2. The molecule has 0 spiro atoms. The third-order valence-electron chi connectivity index (χ3n) is 3.11. The molecular weight excluding hydrogens is 255 g/mol. The summed E-state index contributed by atoms with van der Waals surface area (Å²) in [5, 5.41) is 0. The van der Waals surface area contributed by atoms with Crippen LogP contribution in [0.3, 0.4) is 0 Å². The van der Waals surface area contributed by atoms with Gasteiger partial charge in [-0.1, -0.05) is 12.1 Å². The van der Waals surface area contributed by atoms with Gasteiger partial charge in [-0.05, 0) is 30.3 Å². The van der Waals surface area contributed by atoms with Crippen LogP contribution in [0.15, 0.2) is 55.3 Å². The Morgan fingerprint density at radius 2 is 2.20 bits per heavy atom. The van der Waals surface area contributed by atoms with Crippen molar-refractivity contribution in [3.05, 3.63) is 72.3 Å². The summed E-state index contributed by atoms with van der Waals surface area (Å²) in [7, 11) is 1.92. The second-order valence-corrected chi connectivity index (χ2v) is 4.60. The summed E-state index contributed by atoms with van der Waals surface area (Å²) >= 11 is 0. The first-order valence-corrected chi connectivity index (χ1v) is 6.37. The normalized spacial score (nSPS) is 10.3. The molecule has 20 heavy (non-hydrogen) atoms. The number of nitrogens with zero attached hydrogens (tertiary/aromatic N) is 2. The summed E-state index contributed by atoms with van der Waals surface area (Å²) in [6, 6.07) is 9.61. The fourth-order valence-electron chi connectivity index (χ4n) is 2.04. The predicted molar refractivity (Wildman–Crippen MR) is 76.8 cm³/mol. The second kappa shape index (κ2) is 6.19. The molecule has 0 aliphatic rings. The highest BCUT2D eigenvalue weighted by Crippen LogP contribution is 2.11. The molecule has 0 bridgehead atoms. The molecule has 2 aromatic rings. The number of aromatic nitrogens is 1. The van der Waals surface area contributed by atoms with Crippen molar-refractivity contribution in [3.63, 3.8) is 0 Å². The largest absolute Gasteiger partial charge is 0.353 e. The molecule has 0 unspecified atom stereocenters. The van der Waals surface area contributed by atoms with Crippen molar-refractivity contribution in [2.45, 2.75) is 6.54 Å². The van der Waals surface area contributed by atoms with E-state index in [0.717, 1.165) is 5.69 Å². The molecule has 0 fully saturated rings. The van der Waals surface area contributed by atoms with E-state index in [4.69, 9.17) is 0 Å². The molecule has 0 saturated carbocycles. The third kappa shape index (κ3) is 3.15. The predicted octanol–water partition coefficient (Wildman–Crippen LogP) is 2.99. The first-order valence-electron chi connectivity index (χ1n) is 6.37. The van der Waals surface area contributed by atoms with E-state index in [1.165, 1.54) is 18.2 Å². The zero-order chi connectivity index (χ0) is 14.5. The minimum atomic E-state index is -0.409. The highest BCUT2D eigenvalue weighted by atomic mass is 19.1. The molecule has 0 aliphatic carbocycles. The van der Waals surface area contributed by atoms with Crippen molar-refractivity contribution in [3.8, 4) is 0 Å². The average molecular weight is 272 g/mol. The highest BCUT2D eigenvalue weighted by molar-refractivity contribution is 5.94. The zero-order valence-corrected chi connectivity index (χ0v) is 11.4. The lowest BCUT2D eigenvalue weighted by atomic mass is 10.2. The van der Waals surface area contributed by atoms with Crippen molar-refractivity contribution in [1.82, 2.24) is 9.47 Å². The van der Waals surface area contributed by atoms with Gasteiger partial charge in [-0.15, -0.1) is 6.58 Å². The molecule has 0 N–H and O–H groups in total. The van der Waals surface area contributed by atoms with Crippen LogP contribution in [-0.4, -0.2) is 21.9 Å². The molecule has 2 rings (SSSR count). The zero-order valence-electron chi connectivity index (χ0n) is 11.4. The summed E-state index contributed by atoms with van der Waals surface area (Å²) in [5.41, 5.74) is 1.36. The Morgan fingerprint density at radius 1 is 1.40 bits per heavy atom. The minimum absolute atomic E-state index is 0.203. The summed E-state index contributed by atoms with van der Waals surface area (Å²) in [4.78, 5) is 14.1. The molecule has 0 radical (unpaired) electrons. The third-order valence-corrected chi connectivity index (χ3v) is 3.11. The number of hydrogen-bond acceptors (Lipinski definition) is 1. The van der Waals surface area contributed by atoms with E-state index >= 15 is 0 Å². The number of amides is 1. The second-order valence-electron chi connectivity index (χ2n) is 4.60. The Morgan fingerprint density at radius 3 is 2.80 bits per heavy atom. The van der Waals surface area contributed by atoms with Crippen LogP contribution < -0.4 is 0 Å². The van der Waals surface area contributed by atoms with Gasteiger partial charge in [-0.3, -0.25) is 4.79 Å². The summed E-state index contributed by atoms with van der Waals surface area (Å²) in [5.74, 6) is -0.612. The minimum Gasteiger partial charge on any atom is -0.353 e. The number of aryl methyl sites for hydroxylation is 1. The topological polar surface area (TPSA) is 25.2 Å². The maximum atomic E-state index is 13.2. The molecule has 104 valence electrons.